The third-order valence-corrected chi connectivity index (χ3v) is 2.72. The van der Waals surface area contributed by atoms with Crippen LogP contribution in [0.2, 0.25) is 0 Å². The van der Waals surface area contributed by atoms with E-state index in [1.807, 2.05) is 23.6 Å². The van der Waals surface area contributed by atoms with Gasteiger partial charge in [0.05, 0.1) is 11.1 Å². The Labute approximate surface area is 74.5 Å². The van der Waals surface area contributed by atoms with Crippen LogP contribution in [-0.4, -0.2) is 0 Å². The second-order valence-corrected chi connectivity index (χ2v) is 3.35. The van der Waals surface area contributed by atoms with Gasteiger partial charge in [-0.3, -0.25) is 0 Å². The Kier molecular flexibility index (Phi) is 2.70. The molecule has 0 N–H and O–H groups in total. The summed E-state index contributed by atoms with van der Waals surface area (Å²) in [4.78, 5) is 0.950. The lowest BCUT2D eigenvalue weighted by Crippen LogP contribution is -1.73. The molecule has 1 heterocycles. The number of allylic oxidation sites excluding steroid dienone is 1. The highest BCUT2D eigenvalue weighted by molar-refractivity contribution is 7.12. The molecule has 0 spiro atoms. The lowest BCUT2D eigenvalue weighted by molar-refractivity contribution is 1.46. The first-order chi connectivity index (χ1) is 5.25. The number of rotatable bonds is 1. The normalized spacial score (nSPS) is 12.1. The summed E-state index contributed by atoms with van der Waals surface area (Å²) in [5.74, 6) is 0. The molecule has 1 rings (SSSR count). The first-order valence-electron chi connectivity index (χ1n) is 3.06. The van der Waals surface area contributed by atoms with Gasteiger partial charge in [0.25, 0.3) is 0 Å². The van der Waals surface area contributed by atoms with Crippen molar-refractivity contribution in [3.8, 4) is 6.07 Å². The molecule has 56 valence electrons. The zero-order chi connectivity index (χ0) is 8.27. The van der Waals surface area contributed by atoms with Gasteiger partial charge in [-0.1, -0.05) is 17.7 Å². The van der Waals surface area contributed by atoms with Gasteiger partial charge in [0.15, 0.2) is 0 Å². The Balaban J connectivity index is 3.05. The van der Waals surface area contributed by atoms with Gasteiger partial charge in [-0.25, -0.2) is 0 Å². The van der Waals surface area contributed by atoms with Crippen LogP contribution in [0.4, 0.5) is 0 Å². The Morgan fingerprint density at radius 3 is 2.91 bits per heavy atom. The van der Waals surface area contributed by atoms with Crippen molar-refractivity contribution in [1.82, 2.24) is 0 Å². The van der Waals surface area contributed by atoms with E-state index in [2.05, 4.69) is 0 Å². The lowest BCUT2D eigenvalue weighted by atomic mass is 10.3. The molecule has 0 aromatic carbocycles. The van der Waals surface area contributed by atoms with E-state index in [4.69, 9.17) is 16.9 Å². The Morgan fingerprint density at radius 2 is 2.45 bits per heavy atom. The molecule has 0 aliphatic rings. The minimum atomic E-state index is 0.558. The molecule has 0 aliphatic heterocycles. The molecule has 0 radical (unpaired) electrons. The van der Waals surface area contributed by atoms with Gasteiger partial charge in [-0.2, -0.15) is 5.26 Å². The average molecular weight is 184 g/mol. The molecule has 1 aromatic heterocycles. The minimum Gasteiger partial charge on any atom is -0.193 e. The van der Waals surface area contributed by atoms with Gasteiger partial charge in [0, 0.05) is 10.5 Å². The third-order valence-electron chi connectivity index (χ3n) is 1.23. The molecular formula is C8H6ClNS. The molecule has 0 fully saturated rings. The van der Waals surface area contributed by atoms with Crippen LogP contribution in [0.25, 0.3) is 5.03 Å². The molecule has 0 bridgehead atoms. The number of thiophene rings is 1. The molecule has 0 saturated heterocycles. The van der Waals surface area contributed by atoms with Gasteiger partial charge < -0.3 is 0 Å². The number of halogens is 1. The molecule has 0 saturated carbocycles. The summed E-state index contributed by atoms with van der Waals surface area (Å²) >= 11 is 7.40. The van der Waals surface area contributed by atoms with Crippen molar-refractivity contribution in [1.29, 1.82) is 5.26 Å². The predicted molar refractivity (Wildman–Crippen MR) is 48.4 cm³/mol. The zero-order valence-corrected chi connectivity index (χ0v) is 7.54. The highest BCUT2D eigenvalue weighted by Gasteiger charge is 2.01. The van der Waals surface area contributed by atoms with Crippen LogP contribution in [0.1, 0.15) is 11.8 Å². The van der Waals surface area contributed by atoms with E-state index in [1.165, 1.54) is 11.3 Å². The monoisotopic (exact) mass is 183 g/mol. The minimum absolute atomic E-state index is 0.558. The lowest BCUT2D eigenvalue weighted by Gasteiger charge is -1.92. The predicted octanol–water partition coefficient (Wildman–Crippen LogP) is 3.24. The summed E-state index contributed by atoms with van der Waals surface area (Å²) in [5.41, 5.74) is 0.564. The summed E-state index contributed by atoms with van der Waals surface area (Å²) < 4.78 is 0. The molecule has 11 heavy (non-hydrogen) atoms. The topological polar surface area (TPSA) is 23.8 Å². The maximum atomic E-state index is 8.52. The van der Waals surface area contributed by atoms with Crippen molar-refractivity contribution in [2.45, 2.75) is 6.92 Å². The molecular weight excluding hydrogens is 178 g/mol. The first-order valence-corrected chi connectivity index (χ1v) is 4.32. The van der Waals surface area contributed by atoms with E-state index < -0.39 is 0 Å². The summed E-state index contributed by atoms with van der Waals surface area (Å²) in [7, 11) is 0. The SMILES string of the molecule is CC(C#N)=C(Cl)c1cccs1. The molecule has 3 heteroatoms. The van der Waals surface area contributed by atoms with Gasteiger partial charge in [-0.05, 0) is 18.4 Å². The Hall–Kier alpha value is -0.780. The summed E-state index contributed by atoms with van der Waals surface area (Å²) in [6, 6.07) is 5.81. The highest BCUT2D eigenvalue weighted by atomic mass is 35.5. The number of nitrogens with zero attached hydrogens (tertiary/aromatic N) is 1. The van der Waals surface area contributed by atoms with Gasteiger partial charge in [0.2, 0.25) is 0 Å². The zero-order valence-electron chi connectivity index (χ0n) is 5.97. The van der Waals surface area contributed by atoms with Crippen LogP contribution in [0, 0.1) is 11.3 Å². The highest BCUT2D eigenvalue weighted by Crippen LogP contribution is 2.26. The quantitative estimate of drug-likeness (QED) is 0.614. The van der Waals surface area contributed by atoms with E-state index in [9.17, 15) is 0 Å². The second-order valence-electron chi connectivity index (χ2n) is 2.03. The second kappa shape index (κ2) is 3.56. The van der Waals surface area contributed by atoms with Crippen LogP contribution in [0.15, 0.2) is 23.1 Å². The van der Waals surface area contributed by atoms with Crippen molar-refractivity contribution < 1.29 is 0 Å². The van der Waals surface area contributed by atoms with E-state index in [0.717, 1.165) is 4.88 Å². The fraction of sp³-hybridized carbons (Fsp3) is 0.125. The summed E-state index contributed by atoms with van der Waals surface area (Å²) in [6.45, 7) is 1.71. The van der Waals surface area contributed by atoms with Gasteiger partial charge >= 0.3 is 0 Å². The molecule has 1 aromatic rings. The van der Waals surface area contributed by atoms with Gasteiger partial charge in [0.1, 0.15) is 0 Å². The number of hydrogen-bond acceptors (Lipinski definition) is 2. The van der Waals surface area contributed by atoms with Crippen molar-refractivity contribution in [2.75, 3.05) is 0 Å². The van der Waals surface area contributed by atoms with E-state index in [-0.39, 0.29) is 0 Å². The largest absolute Gasteiger partial charge is 0.193 e. The van der Waals surface area contributed by atoms with E-state index in [1.54, 1.807) is 6.92 Å². The van der Waals surface area contributed by atoms with E-state index in [0.29, 0.717) is 10.6 Å². The van der Waals surface area contributed by atoms with Crippen molar-refractivity contribution in [2.24, 2.45) is 0 Å². The van der Waals surface area contributed by atoms with Crippen molar-refractivity contribution in [3.05, 3.63) is 28.0 Å². The standard InChI is InChI=1S/C8H6ClNS/c1-6(5-10)8(9)7-3-2-4-11-7/h2-4H,1H3. The van der Waals surface area contributed by atoms with E-state index >= 15 is 0 Å². The van der Waals surface area contributed by atoms with Crippen LogP contribution in [0.5, 0.6) is 0 Å². The Morgan fingerprint density at radius 1 is 1.73 bits per heavy atom. The smallest absolute Gasteiger partial charge is 0.0960 e. The third kappa shape index (κ3) is 1.83. The molecule has 0 amide bonds. The van der Waals surface area contributed by atoms with Gasteiger partial charge in [-0.15, -0.1) is 11.3 Å². The Bertz CT molecular complexity index is 305. The molecule has 0 unspecified atom stereocenters. The number of hydrogen-bond donors (Lipinski definition) is 0. The van der Waals surface area contributed by atoms with Crippen LogP contribution >= 0.6 is 22.9 Å². The molecule has 1 nitrogen and oxygen atoms in total. The first kappa shape index (κ1) is 8.32. The van der Waals surface area contributed by atoms with Crippen molar-refractivity contribution >= 4 is 28.0 Å². The maximum absolute atomic E-state index is 8.52. The maximum Gasteiger partial charge on any atom is 0.0960 e. The van der Waals surface area contributed by atoms with Crippen LogP contribution < -0.4 is 0 Å². The fourth-order valence-electron chi connectivity index (χ4n) is 0.637. The number of nitriles is 1. The van der Waals surface area contributed by atoms with Crippen molar-refractivity contribution in [3.63, 3.8) is 0 Å². The molecule has 0 atom stereocenters. The van der Waals surface area contributed by atoms with Crippen LogP contribution in [0.3, 0.4) is 0 Å². The summed E-state index contributed by atoms with van der Waals surface area (Å²) in [5, 5.41) is 11.0. The average Bonchev–Trinajstić information content (AvgIpc) is 2.53. The fourth-order valence-corrected chi connectivity index (χ4v) is 1.59. The molecule has 0 aliphatic carbocycles. The van der Waals surface area contributed by atoms with Crippen LogP contribution in [-0.2, 0) is 0 Å². The summed E-state index contributed by atoms with van der Waals surface area (Å²) in [6.07, 6.45) is 0.